The lowest BCUT2D eigenvalue weighted by molar-refractivity contribution is -0.0447. The molecule has 0 radical (unpaired) electrons. The first-order valence-electron chi connectivity index (χ1n) is 7.18. The van der Waals surface area contributed by atoms with Gasteiger partial charge in [-0.2, -0.15) is 0 Å². The molecule has 0 saturated carbocycles. The summed E-state index contributed by atoms with van der Waals surface area (Å²) in [4.78, 5) is 14.2. The first-order valence-corrected chi connectivity index (χ1v) is 7.18. The maximum Gasteiger partial charge on any atom is 0.254 e. The maximum atomic E-state index is 12.6. The van der Waals surface area contributed by atoms with Gasteiger partial charge in [0, 0.05) is 24.2 Å². The summed E-state index contributed by atoms with van der Waals surface area (Å²) in [7, 11) is 0. The van der Waals surface area contributed by atoms with Crippen LogP contribution in [0.15, 0.2) is 18.2 Å². The molecule has 1 aromatic rings. The number of phenols is 1. The monoisotopic (exact) mass is 293 g/mol. The van der Waals surface area contributed by atoms with E-state index in [1.807, 2.05) is 20.8 Å². The van der Waals surface area contributed by atoms with Gasteiger partial charge < -0.3 is 19.8 Å². The van der Waals surface area contributed by atoms with E-state index < -0.39 is 0 Å². The molecule has 5 heteroatoms. The minimum Gasteiger partial charge on any atom is -0.508 e. The molecule has 0 aliphatic carbocycles. The normalized spacial score (nSPS) is 19.6. The highest BCUT2D eigenvalue weighted by atomic mass is 16.5. The van der Waals surface area contributed by atoms with E-state index >= 15 is 0 Å². The number of aromatic hydroxyl groups is 1. The van der Waals surface area contributed by atoms with E-state index in [0.717, 1.165) is 5.56 Å². The lowest BCUT2D eigenvalue weighted by Crippen LogP contribution is -2.46. The van der Waals surface area contributed by atoms with Crippen molar-refractivity contribution in [2.24, 2.45) is 0 Å². The average molecular weight is 293 g/mol. The Labute approximate surface area is 125 Å². The average Bonchev–Trinajstić information content (AvgIpc) is 2.46. The minimum atomic E-state index is -0.318. The van der Waals surface area contributed by atoms with Crippen molar-refractivity contribution in [3.05, 3.63) is 29.3 Å². The van der Waals surface area contributed by atoms with Gasteiger partial charge in [0.25, 0.3) is 5.91 Å². The van der Waals surface area contributed by atoms with Crippen LogP contribution in [0.4, 0.5) is 0 Å². The molecule has 1 aliphatic heterocycles. The number of carbonyl (C=O) groups is 1. The molecule has 1 saturated heterocycles. The molecule has 2 rings (SSSR count). The van der Waals surface area contributed by atoms with Crippen LogP contribution in [0.2, 0.25) is 0 Å². The minimum absolute atomic E-state index is 0.0907. The summed E-state index contributed by atoms with van der Waals surface area (Å²) in [6.07, 6.45) is -0.318. The molecule has 1 aliphatic rings. The van der Waals surface area contributed by atoms with Crippen molar-refractivity contribution in [2.75, 3.05) is 26.3 Å². The van der Waals surface area contributed by atoms with Crippen LogP contribution in [0.1, 0.15) is 36.7 Å². The summed E-state index contributed by atoms with van der Waals surface area (Å²) in [5, 5.41) is 19.1. The number of nitrogens with zero attached hydrogens (tertiary/aromatic N) is 1. The number of rotatable bonds is 2. The largest absolute Gasteiger partial charge is 0.508 e. The number of aliphatic hydroxyl groups excluding tert-OH is 1. The second kappa shape index (κ2) is 6.03. The molecular formula is C16H23NO4. The molecule has 21 heavy (non-hydrogen) atoms. The molecule has 1 unspecified atom stereocenters. The quantitative estimate of drug-likeness (QED) is 0.867. The third-order valence-electron chi connectivity index (χ3n) is 3.68. The van der Waals surface area contributed by atoms with Gasteiger partial charge in [0.05, 0.1) is 19.3 Å². The summed E-state index contributed by atoms with van der Waals surface area (Å²) in [5.74, 6) is 0.108. The second-order valence-electron chi connectivity index (χ2n) is 6.41. The van der Waals surface area contributed by atoms with Gasteiger partial charge in [-0.15, -0.1) is 0 Å². The van der Waals surface area contributed by atoms with Gasteiger partial charge in [-0.05, 0) is 23.6 Å². The molecule has 116 valence electrons. The van der Waals surface area contributed by atoms with E-state index in [1.165, 1.54) is 0 Å². The van der Waals surface area contributed by atoms with E-state index in [4.69, 9.17) is 9.84 Å². The van der Waals surface area contributed by atoms with Gasteiger partial charge in [-0.25, -0.2) is 0 Å². The van der Waals surface area contributed by atoms with E-state index in [-0.39, 0.29) is 29.8 Å². The highest BCUT2D eigenvalue weighted by Gasteiger charge is 2.26. The van der Waals surface area contributed by atoms with Crippen LogP contribution < -0.4 is 0 Å². The Kier molecular flexibility index (Phi) is 4.54. The third kappa shape index (κ3) is 3.54. The lowest BCUT2D eigenvalue weighted by atomic mass is 9.85. The lowest BCUT2D eigenvalue weighted by Gasteiger charge is -2.32. The van der Waals surface area contributed by atoms with Crippen molar-refractivity contribution >= 4 is 5.91 Å². The topological polar surface area (TPSA) is 70.0 Å². The molecule has 1 fully saturated rings. The van der Waals surface area contributed by atoms with E-state index in [2.05, 4.69) is 0 Å². The molecule has 1 atom stereocenters. The number of hydrogen-bond donors (Lipinski definition) is 2. The number of morpholine rings is 1. The van der Waals surface area contributed by atoms with Crippen LogP contribution in [-0.2, 0) is 10.2 Å². The van der Waals surface area contributed by atoms with E-state index in [9.17, 15) is 9.90 Å². The molecular weight excluding hydrogens is 270 g/mol. The Bertz CT molecular complexity index is 521. The van der Waals surface area contributed by atoms with E-state index in [0.29, 0.717) is 25.3 Å². The molecule has 1 heterocycles. The Morgan fingerprint density at radius 1 is 1.43 bits per heavy atom. The van der Waals surface area contributed by atoms with Crippen molar-refractivity contribution in [3.8, 4) is 5.75 Å². The second-order valence-corrected chi connectivity index (χ2v) is 6.41. The molecule has 0 bridgehead atoms. The van der Waals surface area contributed by atoms with Gasteiger partial charge in [-0.3, -0.25) is 4.79 Å². The van der Waals surface area contributed by atoms with Crippen LogP contribution in [0.25, 0.3) is 0 Å². The van der Waals surface area contributed by atoms with Gasteiger partial charge in [0.15, 0.2) is 0 Å². The molecule has 0 spiro atoms. The highest BCUT2D eigenvalue weighted by molar-refractivity contribution is 5.94. The first-order chi connectivity index (χ1) is 9.82. The van der Waals surface area contributed by atoms with Crippen LogP contribution in [-0.4, -0.2) is 53.4 Å². The van der Waals surface area contributed by atoms with Gasteiger partial charge in [0.2, 0.25) is 0 Å². The molecule has 2 N–H and O–H groups in total. The Balaban J connectivity index is 2.23. The number of carbonyl (C=O) groups excluding carboxylic acids is 1. The SMILES string of the molecule is CC(C)(C)c1cc(C(=O)N2CCOC(CO)C2)ccc1O. The number of hydrogen-bond acceptors (Lipinski definition) is 4. The number of phenolic OH excluding ortho intramolecular Hbond substituents is 1. The Hall–Kier alpha value is -1.59. The smallest absolute Gasteiger partial charge is 0.254 e. The molecule has 0 aromatic heterocycles. The predicted molar refractivity (Wildman–Crippen MR) is 79.5 cm³/mol. The van der Waals surface area contributed by atoms with Gasteiger partial charge in [-0.1, -0.05) is 20.8 Å². The summed E-state index contributed by atoms with van der Waals surface area (Å²) in [6, 6.07) is 4.95. The number of amides is 1. The number of benzene rings is 1. The van der Waals surface area contributed by atoms with Crippen LogP contribution in [0.5, 0.6) is 5.75 Å². The summed E-state index contributed by atoms with van der Waals surface area (Å²) in [5.41, 5.74) is 1.07. The highest BCUT2D eigenvalue weighted by Crippen LogP contribution is 2.31. The van der Waals surface area contributed by atoms with Crippen molar-refractivity contribution in [3.63, 3.8) is 0 Å². The van der Waals surface area contributed by atoms with E-state index in [1.54, 1.807) is 23.1 Å². The van der Waals surface area contributed by atoms with Crippen molar-refractivity contribution in [1.29, 1.82) is 0 Å². The van der Waals surface area contributed by atoms with Crippen LogP contribution in [0, 0.1) is 0 Å². The molecule has 1 aromatic carbocycles. The van der Waals surface area contributed by atoms with Crippen LogP contribution in [0.3, 0.4) is 0 Å². The van der Waals surface area contributed by atoms with Gasteiger partial charge >= 0.3 is 0 Å². The zero-order valence-electron chi connectivity index (χ0n) is 12.8. The number of aliphatic hydroxyl groups is 1. The van der Waals surface area contributed by atoms with Crippen molar-refractivity contribution in [1.82, 2.24) is 4.90 Å². The standard InChI is InChI=1S/C16H23NO4/c1-16(2,3)13-8-11(4-5-14(13)19)15(20)17-6-7-21-12(9-17)10-18/h4-5,8,12,18-19H,6-7,9-10H2,1-3H3. The molecule has 1 amide bonds. The Morgan fingerprint density at radius 3 is 2.76 bits per heavy atom. The summed E-state index contributed by atoms with van der Waals surface area (Å²) < 4.78 is 5.36. The van der Waals surface area contributed by atoms with Crippen LogP contribution >= 0.6 is 0 Å². The maximum absolute atomic E-state index is 12.6. The fourth-order valence-electron chi connectivity index (χ4n) is 2.47. The van der Waals surface area contributed by atoms with Crippen molar-refractivity contribution in [2.45, 2.75) is 32.3 Å². The molecule has 5 nitrogen and oxygen atoms in total. The first kappa shape index (κ1) is 15.8. The fourth-order valence-corrected chi connectivity index (χ4v) is 2.47. The zero-order valence-corrected chi connectivity index (χ0v) is 12.8. The summed E-state index contributed by atoms with van der Waals surface area (Å²) in [6.45, 7) is 7.22. The fraction of sp³-hybridized carbons (Fsp3) is 0.562. The third-order valence-corrected chi connectivity index (χ3v) is 3.68. The predicted octanol–water partition coefficient (Wildman–Crippen LogP) is 1.52. The van der Waals surface area contributed by atoms with Gasteiger partial charge in [0.1, 0.15) is 5.75 Å². The number of ether oxygens (including phenoxy) is 1. The van der Waals surface area contributed by atoms with Crippen molar-refractivity contribution < 1.29 is 19.7 Å². The summed E-state index contributed by atoms with van der Waals surface area (Å²) >= 11 is 0. The zero-order chi connectivity index (χ0) is 15.6. The Morgan fingerprint density at radius 2 is 2.14 bits per heavy atom.